The normalized spacial score (nSPS) is 16.3. The average Bonchev–Trinajstić information content (AvgIpc) is 2.38. The molecule has 0 aromatic heterocycles. The number of rotatable bonds is 6. The van der Waals surface area contributed by atoms with Crippen LogP contribution in [0.25, 0.3) is 0 Å². The molecule has 0 saturated heterocycles. The smallest absolute Gasteiger partial charge is 0.257 e. The van der Waals surface area contributed by atoms with Crippen LogP contribution in [0.5, 0.6) is 5.75 Å². The Bertz CT molecular complexity index is 481. The molecule has 1 amide bonds. The van der Waals surface area contributed by atoms with E-state index in [9.17, 15) is 4.79 Å². The largest absolute Gasteiger partial charge is 0.493 e. The van der Waals surface area contributed by atoms with E-state index < -0.39 is 0 Å². The Hall–Kier alpha value is -1.36. The van der Waals surface area contributed by atoms with E-state index in [4.69, 9.17) is 10.5 Å². The van der Waals surface area contributed by atoms with Crippen LogP contribution in [0.15, 0.2) is 18.2 Å². The maximum absolute atomic E-state index is 12.4. The first-order valence-electron chi connectivity index (χ1n) is 6.96. The van der Waals surface area contributed by atoms with E-state index in [2.05, 4.69) is 11.6 Å². The van der Waals surface area contributed by atoms with Crippen LogP contribution in [-0.4, -0.2) is 30.1 Å². The van der Waals surface area contributed by atoms with E-state index in [1.165, 1.54) is 6.42 Å². The van der Waals surface area contributed by atoms with Gasteiger partial charge in [0.1, 0.15) is 11.3 Å². The number of hydrogen-bond donors (Lipinski definition) is 2. The van der Waals surface area contributed by atoms with Crippen LogP contribution in [0.4, 0.5) is 5.69 Å². The Balaban J connectivity index is 2.08. The number of nitrogens with two attached hydrogens (primary N) is 1. The zero-order valence-electron chi connectivity index (χ0n) is 12.1. The summed E-state index contributed by atoms with van der Waals surface area (Å²) in [5, 5.41) is 3.01. The van der Waals surface area contributed by atoms with Crippen LogP contribution in [-0.2, 0) is 0 Å². The molecule has 1 aliphatic rings. The van der Waals surface area contributed by atoms with Crippen molar-refractivity contribution in [2.45, 2.75) is 30.9 Å². The first-order valence-corrected chi connectivity index (χ1v) is 8.19. The number of nitrogens with one attached hydrogen (secondary N) is 1. The van der Waals surface area contributed by atoms with Crippen LogP contribution in [0.2, 0.25) is 0 Å². The lowest BCUT2D eigenvalue weighted by Crippen LogP contribution is -2.45. The summed E-state index contributed by atoms with van der Waals surface area (Å²) in [6.45, 7) is 3.09. The molecule has 0 atom stereocenters. The zero-order valence-corrected chi connectivity index (χ0v) is 12.9. The van der Waals surface area contributed by atoms with E-state index in [1.807, 2.05) is 18.7 Å². The number of anilines is 1. The van der Waals surface area contributed by atoms with E-state index in [0.717, 1.165) is 12.8 Å². The quantitative estimate of drug-likeness (QED) is 0.792. The van der Waals surface area contributed by atoms with Gasteiger partial charge in [-0.2, -0.15) is 11.8 Å². The molecule has 0 aliphatic heterocycles. The van der Waals surface area contributed by atoms with Gasteiger partial charge in [-0.05, 0) is 38.2 Å². The van der Waals surface area contributed by atoms with Gasteiger partial charge >= 0.3 is 0 Å². The molecule has 5 heteroatoms. The van der Waals surface area contributed by atoms with Gasteiger partial charge in [0.2, 0.25) is 0 Å². The van der Waals surface area contributed by atoms with Crippen molar-refractivity contribution in [2.75, 3.05) is 25.1 Å². The fraction of sp³-hybridized carbons (Fsp3) is 0.533. The van der Waals surface area contributed by atoms with Crippen molar-refractivity contribution in [3.8, 4) is 5.75 Å². The number of carbonyl (C=O) groups excluding carboxylic acids is 1. The number of nitrogen functional groups attached to an aromatic ring is 1. The average molecular weight is 294 g/mol. The van der Waals surface area contributed by atoms with Gasteiger partial charge in [0.15, 0.2) is 0 Å². The second-order valence-corrected chi connectivity index (χ2v) is 6.35. The first-order chi connectivity index (χ1) is 9.62. The fourth-order valence-electron chi connectivity index (χ4n) is 2.42. The molecule has 110 valence electrons. The molecular formula is C15H22N2O2S. The maximum atomic E-state index is 12.4. The molecule has 1 aromatic rings. The van der Waals surface area contributed by atoms with Crippen LogP contribution >= 0.6 is 11.8 Å². The Morgan fingerprint density at radius 2 is 2.25 bits per heavy atom. The molecule has 0 radical (unpaired) electrons. The van der Waals surface area contributed by atoms with Crippen LogP contribution in [0.1, 0.15) is 36.5 Å². The van der Waals surface area contributed by atoms with Crippen LogP contribution in [0.3, 0.4) is 0 Å². The molecule has 0 heterocycles. The summed E-state index contributed by atoms with van der Waals surface area (Å²) in [6, 6.07) is 5.31. The zero-order chi connectivity index (χ0) is 14.6. The third-order valence-electron chi connectivity index (χ3n) is 3.85. The Kier molecular flexibility index (Phi) is 4.81. The Morgan fingerprint density at radius 3 is 2.80 bits per heavy atom. The van der Waals surface area contributed by atoms with Gasteiger partial charge in [0, 0.05) is 17.0 Å². The van der Waals surface area contributed by atoms with Crippen molar-refractivity contribution < 1.29 is 9.53 Å². The number of benzene rings is 1. The van der Waals surface area contributed by atoms with Gasteiger partial charge in [-0.25, -0.2) is 0 Å². The van der Waals surface area contributed by atoms with E-state index in [1.54, 1.807) is 18.2 Å². The summed E-state index contributed by atoms with van der Waals surface area (Å²) < 4.78 is 5.70. The summed E-state index contributed by atoms with van der Waals surface area (Å²) in [7, 11) is 0. The van der Waals surface area contributed by atoms with Crippen LogP contribution < -0.4 is 15.8 Å². The first kappa shape index (κ1) is 15.0. The minimum atomic E-state index is -0.146. The molecule has 20 heavy (non-hydrogen) atoms. The Labute approximate surface area is 124 Å². The molecule has 1 saturated carbocycles. The number of hydrogen-bond acceptors (Lipinski definition) is 4. The summed E-state index contributed by atoms with van der Waals surface area (Å²) in [5.41, 5.74) is 6.83. The summed E-state index contributed by atoms with van der Waals surface area (Å²) in [4.78, 5) is 12.4. The van der Waals surface area contributed by atoms with Gasteiger partial charge in [-0.15, -0.1) is 0 Å². The van der Waals surface area contributed by atoms with Crippen molar-refractivity contribution >= 4 is 23.4 Å². The fourth-order valence-corrected chi connectivity index (χ4v) is 3.33. The van der Waals surface area contributed by atoms with Gasteiger partial charge in [0.05, 0.1) is 6.61 Å². The summed E-state index contributed by atoms with van der Waals surface area (Å²) >= 11 is 1.84. The lowest BCUT2D eigenvalue weighted by atomic mass is 9.84. The van der Waals surface area contributed by atoms with E-state index >= 15 is 0 Å². The molecule has 3 N–H and O–H groups in total. The molecular weight excluding hydrogens is 272 g/mol. The molecule has 0 spiro atoms. The number of ether oxygens (including phenoxy) is 1. The summed E-state index contributed by atoms with van der Waals surface area (Å²) in [6.07, 6.45) is 5.68. The molecule has 1 aliphatic carbocycles. The minimum Gasteiger partial charge on any atom is -0.493 e. The van der Waals surface area contributed by atoms with Gasteiger partial charge in [0.25, 0.3) is 5.91 Å². The predicted molar refractivity (Wildman–Crippen MR) is 84.5 cm³/mol. The summed E-state index contributed by atoms with van der Waals surface area (Å²) in [5.74, 6) is 0.406. The van der Waals surface area contributed by atoms with E-state index in [-0.39, 0.29) is 10.7 Å². The van der Waals surface area contributed by atoms with Gasteiger partial charge < -0.3 is 15.8 Å². The maximum Gasteiger partial charge on any atom is 0.257 e. The second-order valence-electron chi connectivity index (χ2n) is 5.08. The van der Waals surface area contributed by atoms with Crippen LogP contribution in [0, 0.1) is 0 Å². The van der Waals surface area contributed by atoms with Crippen molar-refractivity contribution in [3.63, 3.8) is 0 Å². The lowest BCUT2D eigenvalue weighted by molar-refractivity contribution is 0.0941. The van der Waals surface area contributed by atoms with Crippen molar-refractivity contribution in [2.24, 2.45) is 0 Å². The third-order valence-corrected chi connectivity index (χ3v) is 5.27. The number of carbonyl (C=O) groups is 1. The molecule has 1 aromatic carbocycles. The lowest BCUT2D eigenvalue weighted by Gasteiger charge is -2.40. The van der Waals surface area contributed by atoms with Crippen molar-refractivity contribution in [1.82, 2.24) is 5.32 Å². The molecule has 4 nitrogen and oxygen atoms in total. The number of amides is 1. The van der Waals surface area contributed by atoms with Gasteiger partial charge in [-0.1, -0.05) is 12.5 Å². The topological polar surface area (TPSA) is 64.3 Å². The highest BCUT2D eigenvalue weighted by molar-refractivity contribution is 8.00. The SMILES string of the molecule is CCOc1cccc(N)c1C(=O)NCC1(SC)CCC1. The Morgan fingerprint density at radius 1 is 1.50 bits per heavy atom. The van der Waals surface area contributed by atoms with Crippen molar-refractivity contribution in [1.29, 1.82) is 0 Å². The third kappa shape index (κ3) is 3.03. The number of thioether (sulfide) groups is 1. The highest BCUT2D eigenvalue weighted by Gasteiger charge is 2.36. The molecule has 0 unspecified atom stereocenters. The van der Waals surface area contributed by atoms with Crippen molar-refractivity contribution in [3.05, 3.63) is 23.8 Å². The predicted octanol–water partition coefficient (Wildman–Crippen LogP) is 2.68. The second kappa shape index (κ2) is 6.39. The van der Waals surface area contributed by atoms with Gasteiger partial charge in [-0.3, -0.25) is 4.79 Å². The van der Waals surface area contributed by atoms with E-state index in [0.29, 0.717) is 30.2 Å². The molecule has 0 bridgehead atoms. The highest BCUT2D eigenvalue weighted by atomic mass is 32.2. The minimum absolute atomic E-state index is 0.146. The highest BCUT2D eigenvalue weighted by Crippen LogP contribution is 2.42. The standard InChI is InChI=1S/C15H22N2O2S/c1-3-19-12-7-4-6-11(16)13(12)14(18)17-10-15(20-2)8-5-9-15/h4,6-7H,3,5,8-10,16H2,1-2H3,(H,17,18). The molecule has 1 fully saturated rings. The molecule has 2 rings (SSSR count). The monoisotopic (exact) mass is 294 g/mol.